The largest absolute Gasteiger partial charge is 0.358 e. The standard InChI is InChI=1S/C13H14N4O3/c18-13-9-12(15-7-1-2-8-15)14-16(13)10-3-5-11(6-4-10)17(19)20/h3-6H,1-2,7-9H2. The summed E-state index contributed by atoms with van der Waals surface area (Å²) in [6, 6.07) is 5.86. The topological polar surface area (TPSA) is 79.0 Å². The Morgan fingerprint density at radius 3 is 2.40 bits per heavy atom. The molecule has 1 aromatic carbocycles. The number of benzene rings is 1. The van der Waals surface area contributed by atoms with Gasteiger partial charge in [0.25, 0.3) is 11.6 Å². The number of hydrogen-bond acceptors (Lipinski definition) is 5. The van der Waals surface area contributed by atoms with E-state index in [0.717, 1.165) is 31.8 Å². The van der Waals surface area contributed by atoms with E-state index in [0.29, 0.717) is 12.1 Å². The van der Waals surface area contributed by atoms with Crippen molar-refractivity contribution >= 4 is 23.1 Å². The van der Waals surface area contributed by atoms with Gasteiger partial charge >= 0.3 is 0 Å². The van der Waals surface area contributed by atoms with Gasteiger partial charge in [-0.3, -0.25) is 14.9 Å². The quantitative estimate of drug-likeness (QED) is 0.607. The maximum atomic E-state index is 12.0. The second kappa shape index (κ2) is 4.92. The van der Waals surface area contributed by atoms with Crippen molar-refractivity contribution in [3.63, 3.8) is 0 Å². The number of amides is 1. The van der Waals surface area contributed by atoms with Crippen LogP contribution in [0, 0.1) is 10.1 Å². The Balaban J connectivity index is 1.82. The molecule has 0 N–H and O–H groups in total. The van der Waals surface area contributed by atoms with Gasteiger partial charge in [0.2, 0.25) is 0 Å². The molecule has 0 unspecified atom stereocenters. The summed E-state index contributed by atoms with van der Waals surface area (Å²) < 4.78 is 0. The van der Waals surface area contributed by atoms with Crippen LogP contribution < -0.4 is 5.01 Å². The Morgan fingerprint density at radius 1 is 1.15 bits per heavy atom. The van der Waals surface area contributed by atoms with E-state index >= 15 is 0 Å². The first-order valence-electron chi connectivity index (χ1n) is 6.55. The number of rotatable bonds is 2. The highest BCUT2D eigenvalue weighted by atomic mass is 16.6. The normalized spacial score (nSPS) is 18.6. The molecule has 1 aromatic rings. The van der Waals surface area contributed by atoms with E-state index in [1.165, 1.54) is 17.1 Å². The minimum absolute atomic E-state index is 0.00384. The van der Waals surface area contributed by atoms with E-state index in [9.17, 15) is 14.9 Å². The van der Waals surface area contributed by atoms with Crippen LogP contribution >= 0.6 is 0 Å². The van der Waals surface area contributed by atoms with Crippen molar-refractivity contribution in [1.82, 2.24) is 4.90 Å². The van der Waals surface area contributed by atoms with Gasteiger partial charge in [-0.1, -0.05) is 0 Å². The van der Waals surface area contributed by atoms with Crippen LogP contribution in [0.1, 0.15) is 19.3 Å². The number of nitro groups is 1. The third-order valence-corrected chi connectivity index (χ3v) is 3.54. The molecule has 0 aliphatic carbocycles. The third kappa shape index (κ3) is 2.22. The molecule has 3 rings (SSSR count). The Kier molecular flexibility index (Phi) is 3.09. The smallest absolute Gasteiger partial charge is 0.269 e. The van der Waals surface area contributed by atoms with Crippen molar-refractivity contribution in [3.05, 3.63) is 34.4 Å². The average molecular weight is 274 g/mol. The Hall–Kier alpha value is -2.44. The zero-order valence-electron chi connectivity index (χ0n) is 10.9. The number of hydrogen-bond donors (Lipinski definition) is 0. The predicted molar refractivity (Wildman–Crippen MR) is 73.4 cm³/mol. The number of amidine groups is 1. The zero-order valence-corrected chi connectivity index (χ0v) is 10.9. The predicted octanol–water partition coefficient (Wildman–Crippen LogP) is 1.74. The Bertz CT molecular complexity index is 576. The van der Waals surface area contributed by atoms with Crippen molar-refractivity contribution in [3.8, 4) is 0 Å². The van der Waals surface area contributed by atoms with Gasteiger partial charge in [0.15, 0.2) is 0 Å². The van der Waals surface area contributed by atoms with Gasteiger partial charge in [-0.15, -0.1) is 0 Å². The number of hydrazone groups is 1. The van der Waals surface area contributed by atoms with Gasteiger partial charge < -0.3 is 4.90 Å². The summed E-state index contributed by atoms with van der Waals surface area (Å²) >= 11 is 0. The van der Waals surface area contributed by atoms with E-state index in [1.54, 1.807) is 12.1 Å². The molecule has 0 aromatic heterocycles. The lowest BCUT2D eigenvalue weighted by Crippen LogP contribution is -2.26. The molecular formula is C13H14N4O3. The van der Waals surface area contributed by atoms with E-state index in [-0.39, 0.29) is 11.6 Å². The number of carbonyl (C=O) groups is 1. The minimum atomic E-state index is -0.464. The summed E-state index contributed by atoms with van der Waals surface area (Å²) in [5.41, 5.74) is 0.568. The van der Waals surface area contributed by atoms with Gasteiger partial charge in [0.05, 0.1) is 17.0 Å². The second-order valence-electron chi connectivity index (χ2n) is 4.87. The van der Waals surface area contributed by atoms with Crippen molar-refractivity contribution in [2.24, 2.45) is 5.10 Å². The van der Waals surface area contributed by atoms with E-state index in [4.69, 9.17) is 0 Å². The van der Waals surface area contributed by atoms with Crippen molar-refractivity contribution in [1.29, 1.82) is 0 Å². The molecule has 0 atom stereocenters. The summed E-state index contributed by atoms with van der Waals surface area (Å²) in [6.45, 7) is 1.89. The molecule has 0 bridgehead atoms. The molecule has 0 saturated carbocycles. The molecule has 2 aliphatic heterocycles. The number of nitro benzene ring substituents is 1. The van der Waals surface area contributed by atoms with E-state index in [2.05, 4.69) is 10.0 Å². The lowest BCUT2D eigenvalue weighted by atomic mass is 10.2. The van der Waals surface area contributed by atoms with Gasteiger partial charge in [-0.05, 0) is 25.0 Å². The fraction of sp³-hybridized carbons (Fsp3) is 0.385. The van der Waals surface area contributed by atoms with Gasteiger partial charge in [0, 0.05) is 25.2 Å². The first kappa shape index (κ1) is 12.6. The second-order valence-corrected chi connectivity index (χ2v) is 4.87. The van der Waals surface area contributed by atoms with Crippen LogP contribution in [0.25, 0.3) is 0 Å². The van der Waals surface area contributed by atoms with Crippen molar-refractivity contribution in [2.75, 3.05) is 18.1 Å². The number of anilines is 1. The molecule has 1 amide bonds. The number of non-ortho nitro benzene ring substituents is 1. The molecule has 20 heavy (non-hydrogen) atoms. The minimum Gasteiger partial charge on any atom is -0.358 e. The highest BCUT2D eigenvalue weighted by molar-refractivity contribution is 6.12. The number of nitrogens with zero attached hydrogens (tertiary/aromatic N) is 4. The summed E-state index contributed by atoms with van der Waals surface area (Å²) in [5, 5.41) is 16.3. The summed E-state index contributed by atoms with van der Waals surface area (Å²) in [5.74, 6) is 0.701. The van der Waals surface area contributed by atoms with Gasteiger partial charge in [-0.25, -0.2) is 0 Å². The molecule has 7 nitrogen and oxygen atoms in total. The highest BCUT2D eigenvalue weighted by Crippen LogP contribution is 2.25. The molecule has 0 spiro atoms. The Labute approximate surface area is 115 Å². The van der Waals surface area contributed by atoms with Crippen LogP contribution in [0.4, 0.5) is 11.4 Å². The van der Waals surface area contributed by atoms with Crippen LogP contribution in [0.3, 0.4) is 0 Å². The lowest BCUT2D eigenvalue weighted by Gasteiger charge is -2.15. The van der Waals surface area contributed by atoms with E-state index in [1.807, 2.05) is 0 Å². The van der Waals surface area contributed by atoms with Gasteiger partial charge in [0.1, 0.15) is 5.84 Å². The molecule has 1 saturated heterocycles. The monoisotopic (exact) mass is 274 g/mol. The van der Waals surface area contributed by atoms with Crippen LogP contribution in [0.15, 0.2) is 29.4 Å². The summed E-state index contributed by atoms with van der Waals surface area (Å²) in [4.78, 5) is 24.3. The van der Waals surface area contributed by atoms with Crippen LogP contribution in [-0.4, -0.2) is 34.7 Å². The molecule has 0 radical (unpaired) electrons. The summed E-state index contributed by atoms with van der Waals surface area (Å²) in [7, 11) is 0. The first-order valence-corrected chi connectivity index (χ1v) is 6.55. The molecule has 1 fully saturated rings. The maximum absolute atomic E-state index is 12.0. The molecule has 7 heteroatoms. The van der Waals surface area contributed by atoms with Crippen LogP contribution in [0.5, 0.6) is 0 Å². The van der Waals surface area contributed by atoms with Crippen LogP contribution in [0.2, 0.25) is 0 Å². The molecule has 104 valence electrons. The third-order valence-electron chi connectivity index (χ3n) is 3.54. The molecule has 2 heterocycles. The first-order chi connectivity index (χ1) is 9.65. The molecule has 2 aliphatic rings. The average Bonchev–Trinajstić information content (AvgIpc) is 3.08. The van der Waals surface area contributed by atoms with Crippen LogP contribution in [-0.2, 0) is 4.79 Å². The van der Waals surface area contributed by atoms with Crippen molar-refractivity contribution < 1.29 is 9.72 Å². The fourth-order valence-electron chi connectivity index (χ4n) is 2.48. The fourth-order valence-corrected chi connectivity index (χ4v) is 2.48. The lowest BCUT2D eigenvalue weighted by molar-refractivity contribution is -0.384. The highest BCUT2D eigenvalue weighted by Gasteiger charge is 2.29. The molecular weight excluding hydrogens is 260 g/mol. The van der Waals surface area contributed by atoms with Gasteiger partial charge in [-0.2, -0.15) is 10.1 Å². The Morgan fingerprint density at radius 2 is 1.80 bits per heavy atom. The summed E-state index contributed by atoms with van der Waals surface area (Å²) in [6.07, 6.45) is 2.56. The number of carbonyl (C=O) groups excluding carboxylic acids is 1. The number of likely N-dealkylation sites (tertiary alicyclic amines) is 1. The zero-order chi connectivity index (χ0) is 14.1. The van der Waals surface area contributed by atoms with Crippen molar-refractivity contribution in [2.45, 2.75) is 19.3 Å². The van der Waals surface area contributed by atoms with E-state index < -0.39 is 4.92 Å². The maximum Gasteiger partial charge on any atom is 0.269 e. The SMILES string of the molecule is O=C1CC(N2CCCC2)=NN1c1ccc([N+](=O)[O-])cc1.